The highest BCUT2D eigenvalue weighted by molar-refractivity contribution is 6.36. The normalized spacial score (nSPS) is 10.6. The molecule has 0 spiro atoms. The van der Waals surface area contributed by atoms with Gasteiger partial charge in [-0.1, -0.05) is 23.2 Å². The fourth-order valence-electron chi connectivity index (χ4n) is 2.63. The van der Waals surface area contributed by atoms with Gasteiger partial charge in [-0.05, 0) is 28.1 Å². The van der Waals surface area contributed by atoms with Crippen molar-refractivity contribution in [1.82, 2.24) is 20.3 Å². The molecule has 31 heavy (non-hydrogen) atoms. The molecular formula is C18H15Cl2N7O4. The lowest BCUT2D eigenvalue weighted by Crippen LogP contribution is -2.22. The summed E-state index contributed by atoms with van der Waals surface area (Å²) in [6.45, 7) is 1.19. The van der Waals surface area contributed by atoms with E-state index < -0.39 is 15.7 Å². The second-order valence-corrected chi connectivity index (χ2v) is 7.02. The summed E-state index contributed by atoms with van der Waals surface area (Å²) in [6, 6.07) is 7.23. The van der Waals surface area contributed by atoms with Gasteiger partial charge >= 0.3 is 5.82 Å². The Morgan fingerprint density at radius 1 is 1.00 bits per heavy atom. The maximum atomic E-state index is 11.3. The second kappa shape index (κ2) is 10.1. The van der Waals surface area contributed by atoms with Crippen LogP contribution in [0.2, 0.25) is 10.0 Å². The molecule has 1 aromatic carbocycles. The third-order valence-corrected chi connectivity index (χ3v) is 4.58. The quantitative estimate of drug-likeness (QED) is 0.273. The predicted octanol–water partition coefficient (Wildman–Crippen LogP) is 3.86. The summed E-state index contributed by atoms with van der Waals surface area (Å²) in [5.41, 5.74) is 0.815. The monoisotopic (exact) mass is 463 g/mol. The van der Waals surface area contributed by atoms with Crippen LogP contribution < -0.4 is 10.6 Å². The molecule has 2 heterocycles. The van der Waals surface area contributed by atoms with Gasteiger partial charge in [0.15, 0.2) is 11.9 Å². The maximum Gasteiger partial charge on any atom is 0.390 e. The molecule has 0 saturated heterocycles. The number of nitrogens with zero attached hydrogens (tertiary/aromatic N) is 5. The lowest BCUT2D eigenvalue weighted by molar-refractivity contribution is -0.389. The van der Waals surface area contributed by atoms with Gasteiger partial charge in [-0.25, -0.2) is 9.97 Å². The van der Waals surface area contributed by atoms with E-state index in [2.05, 4.69) is 25.6 Å². The summed E-state index contributed by atoms with van der Waals surface area (Å²) in [6.07, 6.45) is 2.66. The van der Waals surface area contributed by atoms with Crippen molar-refractivity contribution in [3.8, 4) is 11.3 Å². The average molecular weight is 464 g/mol. The summed E-state index contributed by atoms with van der Waals surface area (Å²) in [5.74, 6) is -0.0304. The summed E-state index contributed by atoms with van der Waals surface area (Å²) in [5, 5.41) is 28.8. The molecule has 0 aliphatic heterocycles. The van der Waals surface area contributed by atoms with Gasteiger partial charge in [-0.15, -0.1) is 0 Å². The third-order valence-electron chi connectivity index (χ3n) is 4.03. The largest absolute Gasteiger partial charge is 0.390 e. The molecule has 3 rings (SSSR count). The molecule has 160 valence electrons. The standard InChI is InChI=1S/C18H15Cl2N7O4/c19-11-1-2-14(15(20)7-11)17-18(27(30)31)24-10-12(25-17)9-21-5-6-23-16-8-13(26(28)29)3-4-22-16/h1-4,7-8,10,21H,5-6,9H2,(H,22,23). The Morgan fingerprint density at radius 3 is 2.52 bits per heavy atom. The first-order chi connectivity index (χ1) is 14.8. The van der Waals surface area contributed by atoms with E-state index in [-0.39, 0.29) is 22.9 Å². The number of pyridine rings is 1. The zero-order valence-corrected chi connectivity index (χ0v) is 17.3. The Labute approximate surface area is 185 Å². The maximum absolute atomic E-state index is 11.3. The van der Waals surface area contributed by atoms with E-state index >= 15 is 0 Å². The van der Waals surface area contributed by atoms with Gasteiger partial charge in [-0.3, -0.25) is 10.1 Å². The van der Waals surface area contributed by atoms with E-state index in [4.69, 9.17) is 23.2 Å². The molecule has 2 N–H and O–H groups in total. The first-order valence-corrected chi connectivity index (χ1v) is 9.61. The van der Waals surface area contributed by atoms with Crippen LogP contribution in [0, 0.1) is 20.2 Å². The summed E-state index contributed by atoms with van der Waals surface area (Å²) < 4.78 is 0. The van der Waals surface area contributed by atoms with Crippen molar-refractivity contribution in [2.24, 2.45) is 0 Å². The van der Waals surface area contributed by atoms with Crippen molar-refractivity contribution in [2.45, 2.75) is 6.54 Å². The zero-order valence-electron chi connectivity index (χ0n) is 15.8. The van der Waals surface area contributed by atoms with Crippen LogP contribution in [0.1, 0.15) is 5.69 Å². The summed E-state index contributed by atoms with van der Waals surface area (Å²) in [4.78, 5) is 33.3. The Morgan fingerprint density at radius 2 is 1.81 bits per heavy atom. The number of benzene rings is 1. The van der Waals surface area contributed by atoms with Crippen LogP contribution in [0.3, 0.4) is 0 Å². The smallest absolute Gasteiger partial charge is 0.369 e. The highest BCUT2D eigenvalue weighted by Crippen LogP contribution is 2.33. The molecule has 0 bridgehead atoms. The second-order valence-electron chi connectivity index (χ2n) is 6.17. The van der Waals surface area contributed by atoms with Gasteiger partial charge in [0.1, 0.15) is 5.82 Å². The van der Waals surface area contributed by atoms with Crippen LogP contribution in [0.5, 0.6) is 0 Å². The van der Waals surface area contributed by atoms with Gasteiger partial charge in [0.05, 0.1) is 21.7 Å². The third kappa shape index (κ3) is 5.81. The number of anilines is 1. The molecule has 0 aliphatic carbocycles. The molecule has 0 radical (unpaired) electrons. The van der Waals surface area contributed by atoms with Crippen LogP contribution in [0.15, 0.2) is 42.7 Å². The van der Waals surface area contributed by atoms with Gasteiger partial charge in [0.25, 0.3) is 5.69 Å². The Hall–Kier alpha value is -3.41. The Balaban J connectivity index is 1.64. The van der Waals surface area contributed by atoms with Crippen LogP contribution in [0.4, 0.5) is 17.3 Å². The van der Waals surface area contributed by atoms with E-state index in [1.54, 1.807) is 12.1 Å². The molecule has 0 fully saturated rings. The van der Waals surface area contributed by atoms with Crippen LogP contribution in [0.25, 0.3) is 11.3 Å². The van der Waals surface area contributed by atoms with E-state index in [1.807, 2.05) is 0 Å². The summed E-state index contributed by atoms with van der Waals surface area (Å²) >= 11 is 12.1. The number of nitro groups is 2. The summed E-state index contributed by atoms with van der Waals surface area (Å²) in [7, 11) is 0. The molecule has 0 atom stereocenters. The van der Waals surface area contributed by atoms with Crippen LogP contribution in [-0.2, 0) is 6.54 Å². The number of halogens is 2. The lowest BCUT2D eigenvalue weighted by atomic mass is 10.1. The first kappa shape index (κ1) is 22.3. The van der Waals surface area contributed by atoms with Crippen molar-refractivity contribution >= 4 is 40.5 Å². The van der Waals surface area contributed by atoms with Crippen molar-refractivity contribution in [2.75, 3.05) is 18.4 Å². The van der Waals surface area contributed by atoms with E-state index in [1.165, 1.54) is 30.6 Å². The minimum absolute atomic E-state index is 0.0462. The Kier molecular flexibility index (Phi) is 7.23. The van der Waals surface area contributed by atoms with Crippen molar-refractivity contribution in [3.05, 3.63) is 78.7 Å². The van der Waals surface area contributed by atoms with Crippen molar-refractivity contribution in [3.63, 3.8) is 0 Å². The molecule has 2 aromatic heterocycles. The fraction of sp³-hybridized carbons (Fsp3) is 0.167. The number of aromatic nitrogens is 3. The van der Waals surface area contributed by atoms with E-state index in [9.17, 15) is 20.2 Å². The molecule has 3 aromatic rings. The molecule has 0 amide bonds. The van der Waals surface area contributed by atoms with E-state index in [0.29, 0.717) is 35.2 Å². The molecule has 0 unspecified atom stereocenters. The molecular weight excluding hydrogens is 449 g/mol. The zero-order chi connectivity index (χ0) is 22.4. The average Bonchev–Trinajstić information content (AvgIpc) is 2.73. The molecule has 11 nitrogen and oxygen atoms in total. The van der Waals surface area contributed by atoms with Gasteiger partial charge < -0.3 is 20.7 Å². The SMILES string of the molecule is O=[N+]([O-])c1ccnc(NCCNCc2cnc([N+](=O)[O-])c(-c3ccc(Cl)cc3Cl)n2)c1. The van der Waals surface area contributed by atoms with Gasteiger partial charge in [0, 0.05) is 42.5 Å². The molecule has 13 heteroatoms. The topological polar surface area (TPSA) is 149 Å². The molecule has 0 aliphatic rings. The molecule has 0 saturated carbocycles. The van der Waals surface area contributed by atoms with Crippen LogP contribution >= 0.6 is 23.2 Å². The minimum Gasteiger partial charge on any atom is -0.369 e. The fourth-order valence-corrected chi connectivity index (χ4v) is 3.12. The predicted molar refractivity (Wildman–Crippen MR) is 115 cm³/mol. The van der Waals surface area contributed by atoms with Gasteiger partial charge in [-0.2, -0.15) is 0 Å². The lowest BCUT2D eigenvalue weighted by Gasteiger charge is -2.08. The van der Waals surface area contributed by atoms with Crippen molar-refractivity contribution in [1.29, 1.82) is 0 Å². The van der Waals surface area contributed by atoms with Gasteiger partial charge in [0.2, 0.25) is 0 Å². The number of hydrogen-bond donors (Lipinski definition) is 2. The highest BCUT2D eigenvalue weighted by Gasteiger charge is 2.22. The highest BCUT2D eigenvalue weighted by atomic mass is 35.5. The van der Waals surface area contributed by atoms with Crippen molar-refractivity contribution < 1.29 is 9.85 Å². The first-order valence-electron chi connectivity index (χ1n) is 8.86. The number of rotatable bonds is 9. The number of nitrogens with one attached hydrogen (secondary N) is 2. The van der Waals surface area contributed by atoms with Crippen LogP contribution in [-0.4, -0.2) is 37.9 Å². The Bertz CT molecular complexity index is 1130. The van der Waals surface area contributed by atoms with E-state index in [0.717, 1.165) is 0 Å². The minimum atomic E-state index is -0.625. The number of hydrogen-bond acceptors (Lipinski definition) is 9.